The zero-order valence-corrected chi connectivity index (χ0v) is 29.8. The van der Waals surface area contributed by atoms with Crippen LogP contribution in [0.3, 0.4) is 0 Å². The van der Waals surface area contributed by atoms with E-state index in [4.69, 9.17) is 10.5 Å². The number of nitrogens with zero attached hydrogens (tertiary/aromatic N) is 3. The second kappa shape index (κ2) is 19.9. The number of alkyl halides is 3. The summed E-state index contributed by atoms with van der Waals surface area (Å²) in [5, 5.41) is 0. The van der Waals surface area contributed by atoms with Crippen molar-refractivity contribution in [3.63, 3.8) is 0 Å². The molecule has 0 bridgehead atoms. The molecule has 1 aromatic carbocycles. The Morgan fingerprint density at radius 2 is 1.58 bits per heavy atom. The molecule has 0 saturated carbocycles. The number of carbonyl (C=O) groups is 3. The number of carbonyl (C=O) groups excluding carboxylic acids is 3. The molecule has 2 aliphatic heterocycles. The van der Waals surface area contributed by atoms with Crippen LogP contribution in [0, 0.1) is 29.3 Å². The van der Waals surface area contributed by atoms with Crippen molar-refractivity contribution in [2.75, 3.05) is 45.9 Å². The molecule has 2 N–H and O–H groups in total. The number of amides is 1. The molecular formula is C36H52F6N4O4. The number of Topliss-reactive ketones (excluding diaryl/α,β-unsaturated/α-hetero) is 1. The Morgan fingerprint density at radius 1 is 0.980 bits per heavy atom. The summed E-state index contributed by atoms with van der Waals surface area (Å²) in [6.07, 6.45) is -1.05. The molecule has 2 aliphatic rings. The van der Waals surface area contributed by atoms with Crippen molar-refractivity contribution in [3.05, 3.63) is 58.7 Å². The fourth-order valence-corrected chi connectivity index (χ4v) is 5.74. The van der Waals surface area contributed by atoms with E-state index in [1.54, 1.807) is 20.8 Å². The number of likely N-dealkylation sites (tertiary alicyclic amines) is 1. The number of allylic oxidation sites excluding steroid dienone is 1. The highest BCUT2D eigenvalue weighted by molar-refractivity contribution is 5.90. The van der Waals surface area contributed by atoms with Crippen LogP contribution in [0.25, 0.3) is 0 Å². The number of unbranched alkanes of at least 4 members (excludes halogenated alkanes) is 1. The lowest BCUT2D eigenvalue weighted by molar-refractivity contribution is -0.141. The van der Waals surface area contributed by atoms with Gasteiger partial charge in [0.05, 0.1) is 12.1 Å². The molecule has 2 atom stereocenters. The summed E-state index contributed by atoms with van der Waals surface area (Å²) in [6.45, 7) is 13.4. The Bertz CT molecular complexity index is 1360. The zero-order valence-electron chi connectivity index (χ0n) is 29.8. The van der Waals surface area contributed by atoms with Crippen LogP contribution in [-0.2, 0) is 25.5 Å². The highest BCUT2D eigenvalue weighted by Crippen LogP contribution is 2.35. The fourth-order valence-electron chi connectivity index (χ4n) is 5.74. The number of hydrogen-bond donors (Lipinski definition) is 1. The monoisotopic (exact) mass is 718 g/mol. The predicted molar refractivity (Wildman–Crippen MR) is 179 cm³/mol. The molecule has 0 aromatic heterocycles. The third-order valence-corrected chi connectivity index (χ3v) is 9.21. The summed E-state index contributed by atoms with van der Waals surface area (Å²) in [6, 6.07) is 0.0340. The summed E-state index contributed by atoms with van der Waals surface area (Å²) >= 11 is 0. The average Bonchev–Trinajstić information content (AvgIpc) is 3.06. The average molecular weight is 719 g/mol. The Balaban J connectivity index is 0.00000205. The first-order chi connectivity index (χ1) is 23.4. The van der Waals surface area contributed by atoms with Gasteiger partial charge in [-0.25, -0.2) is 18.0 Å². The normalized spacial score (nSPS) is 18.2. The third-order valence-electron chi connectivity index (χ3n) is 9.21. The molecule has 2 fully saturated rings. The maximum atomic E-state index is 14.1. The smallest absolute Gasteiger partial charge is 0.430 e. The molecule has 8 nitrogen and oxygen atoms in total. The first-order valence-electron chi connectivity index (χ1n) is 17.3. The van der Waals surface area contributed by atoms with E-state index in [9.17, 15) is 40.7 Å². The number of hydrogen-bond acceptors (Lipinski definition) is 7. The highest BCUT2D eigenvalue weighted by atomic mass is 19.4. The maximum Gasteiger partial charge on any atom is 0.430 e. The van der Waals surface area contributed by atoms with Crippen LogP contribution in [0.5, 0.6) is 0 Å². The van der Waals surface area contributed by atoms with Crippen molar-refractivity contribution >= 4 is 17.7 Å². The highest BCUT2D eigenvalue weighted by Gasteiger charge is 2.41. The molecule has 14 heteroatoms. The van der Waals surface area contributed by atoms with E-state index in [1.165, 1.54) is 17.7 Å². The van der Waals surface area contributed by atoms with E-state index in [2.05, 4.69) is 25.3 Å². The Morgan fingerprint density at radius 3 is 2.12 bits per heavy atom. The largest absolute Gasteiger partial charge is 0.461 e. The number of benzene rings is 1. The summed E-state index contributed by atoms with van der Waals surface area (Å²) in [5.74, 6) is -5.43. The van der Waals surface area contributed by atoms with E-state index < -0.39 is 53.2 Å². The van der Waals surface area contributed by atoms with Crippen molar-refractivity contribution in [1.82, 2.24) is 14.7 Å². The molecule has 2 saturated heterocycles. The summed E-state index contributed by atoms with van der Waals surface area (Å²) in [5.41, 5.74) is 4.55. The predicted octanol–water partition coefficient (Wildman–Crippen LogP) is 6.53. The summed E-state index contributed by atoms with van der Waals surface area (Å²) < 4.78 is 88.3. The third kappa shape index (κ3) is 12.4. The quantitative estimate of drug-likeness (QED) is 0.107. The van der Waals surface area contributed by atoms with Crippen LogP contribution in [-0.4, -0.2) is 90.5 Å². The summed E-state index contributed by atoms with van der Waals surface area (Å²) in [4.78, 5) is 42.6. The maximum absolute atomic E-state index is 14.1. The zero-order chi connectivity index (χ0) is 37.8. The van der Waals surface area contributed by atoms with Gasteiger partial charge in [-0.05, 0) is 63.2 Å². The van der Waals surface area contributed by atoms with E-state index in [0.29, 0.717) is 51.0 Å². The number of esters is 1. The van der Waals surface area contributed by atoms with E-state index >= 15 is 0 Å². The van der Waals surface area contributed by atoms with Gasteiger partial charge in [-0.15, -0.1) is 0 Å². The van der Waals surface area contributed by atoms with Gasteiger partial charge >= 0.3 is 12.1 Å². The van der Waals surface area contributed by atoms with E-state index in [0.717, 1.165) is 4.90 Å². The molecule has 50 heavy (non-hydrogen) atoms. The molecule has 0 aliphatic carbocycles. The number of nitrogens with two attached hydrogens (primary N) is 1. The van der Waals surface area contributed by atoms with Gasteiger partial charge in [0.1, 0.15) is 23.9 Å². The molecule has 2 heterocycles. The molecule has 3 rings (SSSR count). The number of ether oxygens (including phenoxy) is 1. The molecule has 282 valence electrons. The van der Waals surface area contributed by atoms with Gasteiger partial charge in [-0.3, -0.25) is 14.5 Å². The van der Waals surface area contributed by atoms with Crippen LogP contribution in [0.1, 0.15) is 78.7 Å². The first-order valence-corrected chi connectivity index (χ1v) is 17.3. The second-order valence-corrected chi connectivity index (χ2v) is 13.0. The second-order valence-electron chi connectivity index (χ2n) is 13.0. The minimum atomic E-state index is -4.81. The van der Waals surface area contributed by atoms with Gasteiger partial charge in [0, 0.05) is 49.8 Å². The van der Waals surface area contributed by atoms with Crippen molar-refractivity contribution in [1.29, 1.82) is 0 Å². The van der Waals surface area contributed by atoms with Crippen molar-refractivity contribution in [2.45, 2.75) is 91.8 Å². The SMILES string of the molecule is C=C(N1CCN(C(=O)CC(N)Cc2cc(F)c(F)cc2F)C/C1=C(\C(=O)OCCN1CCC(C(C)=O)CC1)C(C)CC)C(F)(F)F.CCCC. The topological polar surface area (TPSA) is 96.2 Å². The number of piperidine rings is 1. The van der Waals surface area contributed by atoms with Crippen molar-refractivity contribution < 1.29 is 45.5 Å². The Labute approximate surface area is 291 Å². The molecule has 0 spiro atoms. The minimum absolute atomic E-state index is 0.00570. The minimum Gasteiger partial charge on any atom is -0.461 e. The molecule has 0 radical (unpaired) electrons. The lowest BCUT2D eigenvalue weighted by Crippen LogP contribution is -2.50. The Hall–Kier alpha value is -3.39. The van der Waals surface area contributed by atoms with Crippen LogP contribution >= 0.6 is 0 Å². The van der Waals surface area contributed by atoms with Gasteiger partial charge in [0.15, 0.2) is 11.6 Å². The van der Waals surface area contributed by atoms with Crippen molar-refractivity contribution in [3.8, 4) is 0 Å². The van der Waals surface area contributed by atoms with Gasteiger partial charge < -0.3 is 20.3 Å². The van der Waals surface area contributed by atoms with E-state index in [-0.39, 0.29) is 67.6 Å². The van der Waals surface area contributed by atoms with Gasteiger partial charge in [0.2, 0.25) is 5.91 Å². The van der Waals surface area contributed by atoms with Crippen LogP contribution < -0.4 is 5.73 Å². The van der Waals surface area contributed by atoms with Crippen molar-refractivity contribution in [2.24, 2.45) is 17.6 Å². The number of halogens is 6. The summed E-state index contributed by atoms with van der Waals surface area (Å²) in [7, 11) is 0. The lowest BCUT2D eigenvalue weighted by Gasteiger charge is -2.41. The Kier molecular flexibility index (Phi) is 17.0. The lowest BCUT2D eigenvalue weighted by atomic mass is 9.93. The van der Waals surface area contributed by atoms with Crippen LogP contribution in [0.4, 0.5) is 26.3 Å². The van der Waals surface area contributed by atoms with E-state index in [1.807, 2.05) is 0 Å². The molecular weight excluding hydrogens is 666 g/mol. The fraction of sp³-hybridized carbons (Fsp3) is 0.639. The van der Waals surface area contributed by atoms with Crippen LogP contribution in [0.15, 0.2) is 35.7 Å². The molecule has 2 unspecified atom stereocenters. The van der Waals surface area contributed by atoms with Gasteiger partial charge in [-0.1, -0.05) is 47.1 Å². The van der Waals surface area contributed by atoms with Crippen LogP contribution in [0.2, 0.25) is 0 Å². The van der Waals surface area contributed by atoms with Gasteiger partial charge in [0.25, 0.3) is 0 Å². The number of ketones is 1. The number of piperazine rings is 1. The molecule has 1 aromatic rings. The standard InChI is InChI=1S/C32H42F6N4O4.C4H10/c1-5-19(2)30(31(45)46-13-12-40-8-6-22(7-9-40)20(3)43)28-18-41(10-11-42(28)21(4)32(36,37)38)29(44)16-24(39)14-23-15-26(34)27(35)17-25(23)33;1-3-4-2/h15,17,19,22,24H,4-14,16,18,39H2,1-3H3;3-4H2,1-2H3/b30-28+;. The van der Waals surface area contributed by atoms with Gasteiger partial charge in [-0.2, -0.15) is 13.2 Å². The first kappa shape index (κ1) is 42.8. The molecule has 1 amide bonds. The number of rotatable bonds is 13.